The van der Waals surface area contributed by atoms with Crippen LogP contribution < -0.4 is 5.32 Å². The Kier molecular flexibility index (Phi) is 2.77. The number of nitrogens with zero attached hydrogens (tertiary/aromatic N) is 4. The van der Waals surface area contributed by atoms with E-state index in [4.69, 9.17) is 5.11 Å². The summed E-state index contributed by atoms with van der Waals surface area (Å²) in [5, 5.41) is 11.6. The van der Waals surface area contributed by atoms with Crippen molar-refractivity contribution in [2.24, 2.45) is 0 Å². The molecule has 80 valence electrons. The molecular formula is C9H13N5O. The van der Waals surface area contributed by atoms with Crippen molar-refractivity contribution < 1.29 is 5.11 Å². The minimum atomic E-state index is 0.0639. The Labute approximate surface area is 87.0 Å². The Morgan fingerprint density at radius 2 is 2.33 bits per heavy atom. The van der Waals surface area contributed by atoms with Crippen molar-refractivity contribution in [1.82, 2.24) is 19.5 Å². The van der Waals surface area contributed by atoms with Crippen molar-refractivity contribution >= 4 is 17.1 Å². The fraction of sp³-hybridized carbons (Fsp3) is 0.444. The molecule has 0 saturated heterocycles. The normalized spacial score (nSPS) is 10.8. The van der Waals surface area contributed by atoms with Gasteiger partial charge in [0.1, 0.15) is 5.52 Å². The number of fused-ring (bicyclic) bond motifs is 1. The number of aromatic nitrogens is 4. The molecule has 0 saturated carbocycles. The topological polar surface area (TPSA) is 75.9 Å². The summed E-state index contributed by atoms with van der Waals surface area (Å²) in [5.74, 6) is 0.520. The molecule has 0 amide bonds. The number of aliphatic hydroxyl groups is 1. The standard InChI is InChI=1S/C9H13N5O/c1-2-14-6-12-7-5-11-9(10-3-4-15)13-8(7)14/h5-6,15H,2-4H2,1H3,(H,10,11,13). The number of anilines is 1. The Morgan fingerprint density at radius 1 is 1.47 bits per heavy atom. The van der Waals surface area contributed by atoms with Crippen LogP contribution in [0.2, 0.25) is 0 Å². The van der Waals surface area contributed by atoms with Crippen molar-refractivity contribution in [1.29, 1.82) is 0 Å². The van der Waals surface area contributed by atoms with E-state index in [1.807, 2.05) is 11.5 Å². The number of nitrogens with one attached hydrogen (secondary N) is 1. The highest BCUT2D eigenvalue weighted by molar-refractivity contribution is 5.70. The van der Waals surface area contributed by atoms with E-state index < -0.39 is 0 Å². The van der Waals surface area contributed by atoms with Gasteiger partial charge in [0.2, 0.25) is 5.95 Å². The van der Waals surface area contributed by atoms with Crippen molar-refractivity contribution in [2.45, 2.75) is 13.5 Å². The first-order valence-electron chi connectivity index (χ1n) is 4.87. The molecule has 6 heteroatoms. The summed E-state index contributed by atoms with van der Waals surface area (Å²) < 4.78 is 1.95. The van der Waals surface area contributed by atoms with E-state index in [0.717, 1.165) is 17.7 Å². The van der Waals surface area contributed by atoms with Gasteiger partial charge in [-0.2, -0.15) is 4.98 Å². The minimum Gasteiger partial charge on any atom is -0.395 e. The highest BCUT2D eigenvalue weighted by atomic mass is 16.3. The maximum Gasteiger partial charge on any atom is 0.224 e. The summed E-state index contributed by atoms with van der Waals surface area (Å²) >= 11 is 0. The summed E-state index contributed by atoms with van der Waals surface area (Å²) in [4.78, 5) is 12.6. The summed E-state index contributed by atoms with van der Waals surface area (Å²) in [6, 6.07) is 0. The molecule has 2 N–H and O–H groups in total. The summed E-state index contributed by atoms with van der Waals surface area (Å²) in [7, 11) is 0. The second-order valence-electron chi connectivity index (χ2n) is 3.08. The first-order chi connectivity index (χ1) is 7.35. The molecular weight excluding hydrogens is 194 g/mol. The van der Waals surface area contributed by atoms with Crippen molar-refractivity contribution in [2.75, 3.05) is 18.5 Å². The van der Waals surface area contributed by atoms with E-state index in [1.54, 1.807) is 12.5 Å². The van der Waals surface area contributed by atoms with Crippen molar-refractivity contribution in [3.8, 4) is 0 Å². The van der Waals surface area contributed by atoms with Crippen molar-refractivity contribution in [3.05, 3.63) is 12.5 Å². The molecule has 2 heterocycles. The lowest BCUT2D eigenvalue weighted by atomic mass is 10.5. The van der Waals surface area contributed by atoms with Gasteiger partial charge in [-0.25, -0.2) is 9.97 Å². The van der Waals surface area contributed by atoms with Crippen LogP contribution in [-0.4, -0.2) is 37.8 Å². The quantitative estimate of drug-likeness (QED) is 0.751. The monoisotopic (exact) mass is 207 g/mol. The fourth-order valence-electron chi connectivity index (χ4n) is 1.34. The van der Waals surface area contributed by atoms with Crippen LogP contribution in [0, 0.1) is 0 Å². The van der Waals surface area contributed by atoms with E-state index in [1.165, 1.54) is 0 Å². The van der Waals surface area contributed by atoms with Gasteiger partial charge < -0.3 is 15.0 Å². The van der Waals surface area contributed by atoms with Crippen LogP contribution in [0.25, 0.3) is 11.2 Å². The van der Waals surface area contributed by atoms with Gasteiger partial charge in [-0.1, -0.05) is 0 Å². The van der Waals surface area contributed by atoms with Crippen LogP contribution in [0.1, 0.15) is 6.92 Å². The fourth-order valence-corrected chi connectivity index (χ4v) is 1.34. The third-order valence-corrected chi connectivity index (χ3v) is 2.09. The predicted molar refractivity (Wildman–Crippen MR) is 56.6 cm³/mol. The summed E-state index contributed by atoms with van der Waals surface area (Å²) in [6.07, 6.45) is 3.42. The lowest BCUT2D eigenvalue weighted by Crippen LogP contribution is -2.09. The SMILES string of the molecule is CCn1cnc2cnc(NCCO)nc21. The van der Waals surface area contributed by atoms with Gasteiger partial charge in [0.15, 0.2) is 5.65 Å². The van der Waals surface area contributed by atoms with Gasteiger partial charge in [0.05, 0.1) is 19.1 Å². The lowest BCUT2D eigenvalue weighted by molar-refractivity contribution is 0.311. The maximum absolute atomic E-state index is 8.67. The highest BCUT2D eigenvalue weighted by Gasteiger charge is 2.04. The van der Waals surface area contributed by atoms with Crippen LogP contribution in [0.15, 0.2) is 12.5 Å². The van der Waals surface area contributed by atoms with Crippen LogP contribution >= 0.6 is 0 Å². The summed E-state index contributed by atoms with van der Waals surface area (Å²) in [5.41, 5.74) is 1.60. The molecule has 0 bridgehead atoms. The molecule has 0 aliphatic carbocycles. The average molecular weight is 207 g/mol. The Balaban J connectivity index is 2.35. The van der Waals surface area contributed by atoms with E-state index >= 15 is 0 Å². The highest BCUT2D eigenvalue weighted by Crippen LogP contribution is 2.10. The molecule has 0 fully saturated rings. The van der Waals surface area contributed by atoms with Gasteiger partial charge in [0.25, 0.3) is 0 Å². The van der Waals surface area contributed by atoms with Gasteiger partial charge in [0, 0.05) is 13.1 Å². The zero-order valence-electron chi connectivity index (χ0n) is 8.51. The van der Waals surface area contributed by atoms with Crippen LogP contribution in [-0.2, 0) is 6.54 Å². The second-order valence-corrected chi connectivity index (χ2v) is 3.08. The van der Waals surface area contributed by atoms with Crippen LogP contribution in [0.4, 0.5) is 5.95 Å². The molecule has 0 unspecified atom stereocenters. The molecule has 0 aromatic carbocycles. The Bertz CT molecular complexity index is 453. The van der Waals surface area contributed by atoms with E-state index in [0.29, 0.717) is 12.5 Å². The Hall–Kier alpha value is -1.69. The van der Waals surface area contributed by atoms with E-state index in [9.17, 15) is 0 Å². The molecule has 0 aliphatic rings. The van der Waals surface area contributed by atoms with Crippen LogP contribution in [0.5, 0.6) is 0 Å². The first kappa shape index (κ1) is 9.85. The number of aliphatic hydroxyl groups excluding tert-OH is 1. The second kappa shape index (κ2) is 4.22. The molecule has 0 radical (unpaired) electrons. The van der Waals surface area contributed by atoms with Crippen LogP contribution in [0.3, 0.4) is 0 Å². The summed E-state index contributed by atoms with van der Waals surface area (Å²) in [6.45, 7) is 3.37. The number of aryl methyl sites for hydroxylation is 1. The number of imidazole rings is 1. The van der Waals surface area contributed by atoms with Gasteiger partial charge in [-0.15, -0.1) is 0 Å². The minimum absolute atomic E-state index is 0.0639. The van der Waals surface area contributed by atoms with Crippen molar-refractivity contribution in [3.63, 3.8) is 0 Å². The number of hydrogen-bond acceptors (Lipinski definition) is 5. The molecule has 0 aliphatic heterocycles. The molecule has 2 aromatic rings. The first-order valence-corrected chi connectivity index (χ1v) is 4.87. The number of hydrogen-bond donors (Lipinski definition) is 2. The average Bonchev–Trinajstić information content (AvgIpc) is 2.68. The van der Waals surface area contributed by atoms with Gasteiger partial charge >= 0.3 is 0 Å². The van der Waals surface area contributed by atoms with Gasteiger partial charge in [-0.3, -0.25) is 0 Å². The van der Waals surface area contributed by atoms with Gasteiger partial charge in [-0.05, 0) is 6.92 Å². The zero-order valence-corrected chi connectivity index (χ0v) is 8.51. The molecule has 0 atom stereocenters. The Morgan fingerprint density at radius 3 is 3.07 bits per heavy atom. The third kappa shape index (κ3) is 1.89. The molecule has 2 rings (SSSR count). The predicted octanol–water partition coefficient (Wildman–Crippen LogP) is 0.250. The molecule has 2 aromatic heterocycles. The molecule has 15 heavy (non-hydrogen) atoms. The largest absolute Gasteiger partial charge is 0.395 e. The molecule has 6 nitrogen and oxygen atoms in total. The van der Waals surface area contributed by atoms with E-state index in [-0.39, 0.29) is 6.61 Å². The molecule has 0 spiro atoms. The maximum atomic E-state index is 8.67. The number of rotatable bonds is 4. The third-order valence-electron chi connectivity index (χ3n) is 2.09. The lowest BCUT2D eigenvalue weighted by Gasteiger charge is -2.02. The smallest absolute Gasteiger partial charge is 0.224 e. The zero-order chi connectivity index (χ0) is 10.7. The van der Waals surface area contributed by atoms with E-state index in [2.05, 4.69) is 20.3 Å².